The lowest BCUT2D eigenvalue weighted by atomic mass is 10.0. The second-order valence-electron chi connectivity index (χ2n) is 8.15. The number of amides is 2. The predicted octanol–water partition coefficient (Wildman–Crippen LogP) is 4.32. The van der Waals surface area contributed by atoms with Gasteiger partial charge in [-0.3, -0.25) is 9.59 Å². The zero-order chi connectivity index (χ0) is 24.8. The fourth-order valence-corrected chi connectivity index (χ4v) is 5.05. The van der Waals surface area contributed by atoms with E-state index in [2.05, 4.69) is 0 Å². The quantitative estimate of drug-likeness (QED) is 0.439. The van der Waals surface area contributed by atoms with E-state index in [0.717, 1.165) is 11.6 Å². The van der Waals surface area contributed by atoms with E-state index >= 15 is 0 Å². The van der Waals surface area contributed by atoms with E-state index in [1.54, 1.807) is 28.4 Å². The van der Waals surface area contributed by atoms with E-state index in [0.29, 0.717) is 18.7 Å². The molecule has 1 aromatic heterocycles. The summed E-state index contributed by atoms with van der Waals surface area (Å²) in [5.41, 5.74) is 1.16. The van der Waals surface area contributed by atoms with Gasteiger partial charge in [-0.05, 0) is 53.8 Å². The first kappa shape index (κ1) is 24.8. The van der Waals surface area contributed by atoms with Crippen LogP contribution in [0.2, 0.25) is 0 Å². The maximum absolute atomic E-state index is 13.7. The topological polar surface area (TPSA) is 59.1 Å². The van der Waals surface area contributed by atoms with Crippen molar-refractivity contribution in [1.29, 1.82) is 0 Å². The van der Waals surface area contributed by atoms with Gasteiger partial charge in [0.15, 0.2) is 0 Å². The van der Waals surface area contributed by atoms with Crippen molar-refractivity contribution >= 4 is 23.2 Å². The van der Waals surface area contributed by atoms with Gasteiger partial charge in [-0.15, -0.1) is 11.3 Å². The van der Waals surface area contributed by atoms with Gasteiger partial charge in [0.1, 0.15) is 30.5 Å². The van der Waals surface area contributed by atoms with Crippen molar-refractivity contribution in [2.24, 2.45) is 0 Å². The maximum atomic E-state index is 13.7. The van der Waals surface area contributed by atoms with Crippen LogP contribution >= 0.6 is 11.3 Å². The Bertz CT molecular complexity index is 1190. The number of benzene rings is 2. The van der Waals surface area contributed by atoms with Crippen molar-refractivity contribution in [1.82, 2.24) is 9.80 Å². The van der Waals surface area contributed by atoms with Crippen LogP contribution in [0, 0.1) is 11.6 Å². The molecule has 1 unspecified atom stereocenters. The number of halogens is 2. The molecule has 4 rings (SSSR count). The average molecular weight is 501 g/mol. The highest BCUT2D eigenvalue weighted by Gasteiger charge is 2.33. The molecule has 9 heteroatoms. The molecule has 1 atom stereocenters. The molecule has 6 nitrogen and oxygen atoms in total. The van der Waals surface area contributed by atoms with Crippen molar-refractivity contribution in [3.8, 4) is 5.75 Å². The number of fused-ring (bicyclic) bond motifs is 1. The Kier molecular flexibility index (Phi) is 8.09. The lowest BCUT2D eigenvalue weighted by Gasteiger charge is -2.37. The summed E-state index contributed by atoms with van der Waals surface area (Å²) in [6.07, 6.45) is 0.700. The van der Waals surface area contributed by atoms with Crippen LogP contribution < -0.4 is 4.74 Å². The van der Waals surface area contributed by atoms with E-state index in [1.807, 2.05) is 11.4 Å². The van der Waals surface area contributed by atoms with Crippen molar-refractivity contribution in [2.75, 3.05) is 40.0 Å². The Balaban J connectivity index is 1.53. The first-order chi connectivity index (χ1) is 17.0. The molecule has 0 saturated heterocycles. The summed E-state index contributed by atoms with van der Waals surface area (Å²) in [6, 6.07) is 12.8. The maximum Gasteiger partial charge on any atom is 0.254 e. The largest absolute Gasteiger partial charge is 0.491 e. The van der Waals surface area contributed by atoms with E-state index in [4.69, 9.17) is 9.47 Å². The van der Waals surface area contributed by atoms with Crippen LogP contribution in [0.15, 0.2) is 60.0 Å². The van der Waals surface area contributed by atoms with Gasteiger partial charge in [-0.2, -0.15) is 0 Å². The molecule has 2 amide bonds. The highest BCUT2D eigenvalue weighted by atomic mass is 32.1. The molecule has 0 fully saturated rings. The number of rotatable bonds is 9. The van der Waals surface area contributed by atoms with Crippen molar-refractivity contribution in [3.05, 3.63) is 87.6 Å². The minimum Gasteiger partial charge on any atom is -0.491 e. The summed E-state index contributed by atoms with van der Waals surface area (Å²) < 4.78 is 38.3. The highest BCUT2D eigenvalue weighted by Crippen LogP contribution is 2.34. The standard InChI is InChI=1S/C26H26F2N2O4S/c1-33-12-11-29(26(32)18-4-2-5-19(27)14-18)16-25(31)30-10-8-24-22(9-13-35-24)23(30)17-34-21-7-3-6-20(28)15-21/h2-7,9,13-15,23H,8,10-12,16-17H2,1H3. The van der Waals surface area contributed by atoms with Gasteiger partial charge in [-0.1, -0.05) is 12.1 Å². The van der Waals surface area contributed by atoms with Crippen molar-refractivity contribution < 1.29 is 27.8 Å². The summed E-state index contributed by atoms with van der Waals surface area (Å²) in [4.78, 5) is 30.8. The van der Waals surface area contributed by atoms with Crippen LogP contribution in [0.5, 0.6) is 5.75 Å². The van der Waals surface area contributed by atoms with Crippen molar-refractivity contribution in [3.63, 3.8) is 0 Å². The monoisotopic (exact) mass is 500 g/mol. The number of nitrogens with zero attached hydrogens (tertiary/aromatic N) is 2. The third kappa shape index (κ3) is 6.04. The molecule has 0 radical (unpaired) electrons. The summed E-state index contributed by atoms with van der Waals surface area (Å²) >= 11 is 1.63. The van der Waals surface area contributed by atoms with Crippen LogP contribution in [0.1, 0.15) is 26.8 Å². The number of ether oxygens (including phenoxy) is 2. The molecule has 35 heavy (non-hydrogen) atoms. The van der Waals surface area contributed by atoms with Crippen LogP contribution in [0.25, 0.3) is 0 Å². The SMILES string of the molecule is COCCN(CC(=O)N1CCc2sccc2C1COc1cccc(F)c1)C(=O)c1cccc(F)c1. The zero-order valence-corrected chi connectivity index (χ0v) is 20.1. The fraction of sp³-hybridized carbons (Fsp3) is 0.308. The van der Waals surface area contributed by atoms with Gasteiger partial charge in [0, 0.05) is 36.7 Å². The van der Waals surface area contributed by atoms with Crippen LogP contribution in [0.4, 0.5) is 8.78 Å². The van der Waals surface area contributed by atoms with Gasteiger partial charge in [0.05, 0.1) is 12.6 Å². The van der Waals surface area contributed by atoms with Gasteiger partial charge in [0.2, 0.25) is 5.91 Å². The lowest BCUT2D eigenvalue weighted by molar-refractivity contribution is -0.135. The number of carbonyl (C=O) groups excluding carboxylic acids is 2. The van der Waals surface area contributed by atoms with Gasteiger partial charge in [0.25, 0.3) is 5.91 Å². The summed E-state index contributed by atoms with van der Waals surface area (Å²) in [5, 5.41) is 1.98. The Morgan fingerprint density at radius 2 is 1.89 bits per heavy atom. The predicted molar refractivity (Wildman–Crippen MR) is 129 cm³/mol. The molecule has 0 N–H and O–H groups in total. The smallest absolute Gasteiger partial charge is 0.254 e. The minimum absolute atomic E-state index is 0.148. The van der Waals surface area contributed by atoms with Gasteiger partial charge < -0.3 is 19.3 Å². The molecule has 1 aliphatic heterocycles. The Morgan fingerprint density at radius 1 is 1.11 bits per heavy atom. The Hall–Kier alpha value is -3.30. The molecular formula is C26H26F2N2O4S. The van der Waals surface area contributed by atoms with Gasteiger partial charge >= 0.3 is 0 Å². The third-order valence-corrected chi connectivity index (χ3v) is 6.87. The second kappa shape index (κ2) is 11.4. The lowest BCUT2D eigenvalue weighted by Crippen LogP contribution is -2.48. The molecule has 1 aliphatic rings. The molecule has 184 valence electrons. The third-order valence-electron chi connectivity index (χ3n) is 5.87. The van der Waals surface area contributed by atoms with E-state index < -0.39 is 17.5 Å². The molecule has 3 aromatic rings. The molecule has 0 saturated carbocycles. The number of methoxy groups -OCH3 is 1. The van der Waals surface area contributed by atoms with Crippen LogP contribution in [-0.4, -0.2) is 61.6 Å². The number of hydrogen-bond donors (Lipinski definition) is 0. The summed E-state index contributed by atoms with van der Waals surface area (Å²) in [5.74, 6) is -1.25. The minimum atomic E-state index is -0.524. The number of hydrogen-bond acceptors (Lipinski definition) is 5. The molecule has 2 heterocycles. The summed E-state index contributed by atoms with van der Waals surface area (Å²) in [7, 11) is 1.51. The first-order valence-electron chi connectivity index (χ1n) is 11.2. The number of carbonyl (C=O) groups is 2. The Labute approximate surface area is 206 Å². The molecular weight excluding hydrogens is 474 g/mol. The molecule has 0 bridgehead atoms. The van der Waals surface area contributed by atoms with Gasteiger partial charge in [-0.25, -0.2) is 8.78 Å². The van der Waals surface area contributed by atoms with Crippen LogP contribution in [0.3, 0.4) is 0 Å². The normalized spacial score (nSPS) is 14.9. The van der Waals surface area contributed by atoms with Crippen molar-refractivity contribution in [2.45, 2.75) is 12.5 Å². The molecule has 0 spiro atoms. The molecule has 0 aliphatic carbocycles. The first-order valence-corrected chi connectivity index (χ1v) is 12.1. The van der Waals surface area contributed by atoms with E-state index in [-0.39, 0.29) is 43.8 Å². The second-order valence-corrected chi connectivity index (χ2v) is 9.15. The Morgan fingerprint density at radius 3 is 2.63 bits per heavy atom. The van der Waals surface area contributed by atoms with E-state index in [1.165, 1.54) is 47.2 Å². The zero-order valence-electron chi connectivity index (χ0n) is 19.3. The molecule has 2 aromatic carbocycles. The van der Waals surface area contributed by atoms with E-state index in [9.17, 15) is 18.4 Å². The van der Waals surface area contributed by atoms with Crippen LogP contribution in [-0.2, 0) is 16.0 Å². The summed E-state index contributed by atoms with van der Waals surface area (Å²) in [6.45, 7) is 0.841. The fourth-order valence-electron chi connectivity index (χ4n) is 4.12. The highest BCUT2D eigenvalue weighted by molar-refractivity contribution is 7.10. The average Bonchev–Trinajstić information content (AvgIpc) is 3.34. The number of thiophene rings is 1.